The number of rotatable bonds is 10. The monoisotopic (exact) mass is 345 g/mol. The zero-order valence-electron chi connectivity index (χ0n) is 15.2. The quantitative estimate of drug-likeness (QED) is 0.716. The van der Waals surface area contributed by atoms with Crippen molar-refractivity contribution >= 4 is 5.91 Å². The molecule has 136 valence electrons. The van der Waals surface area contributed by atoms with Gasteiger partial charge in [-0.25, -0.2) is 0 Å². The standard InChI is InChI=1S/C19H27N3O3/c1-4-14(2)13-20-17(23)10-12-19-22-21-18(25-19)11-7-15-5-8-16(24-3)9-6-15/h5-6,8-9,14H,4,7,10-13H2,1-3H3,(H,20,23). The summed E-state index contributed by atoms with van der Waals surface area (Å²) in [4.78, 5) is 11.8. The van der Waals surface area contributed by atoms with Crippen LogP contribution in [0, 0.1) is 5.92 Å². The molecule has 1 aromatic carbocycles. The van der Waals surface area contributed by atoms with E-state index >= 15 is 0 Å². The highest BCUT2D eigenvalue weighted by Gasteiger charge is 2.10. The fourth-order valence-electron chi connectivity index (χ4n) is 2.28. The second kappa shape index (κ2) is 9.81. The Bertz CT molecular complexity index is 652. The van der Waals surface area contributed by atoms with Crippen LogP contribution >= 0.6 is 0 Å². The number of ether oxygens (including phenoxy) is 1. The Morgan fingerprint density at radius 1 is 1.16 bits per heavy atom. The molecule has 1 atom stereocenters. The van der Waals surface area contributed by atoms with Gasteiger partial charge in [0.15, 0.2) is 0 Å². The SMILES string of the molecule is CCC(C)CNC(=O)CCc1nnc(CCc2ccc(OC)cc2)o1. The predicted octanol–water partition coefficient (Wildman–Crippen LogP) is 2.96. The number of nitrogens with zero attached hydrogens (tertiary/aromatic N) is 2. The third-order valence-corrected chi connectivity index (χ3v) is 4.21. The number of hydrogen-bond acceptors (Lipinski definition) is 5. The van der Waals surface area contributed by atoms with Crippen LogP contribution in [0.2, 0.25) is 0 Å². The van der Waals surface area contributed by atoms with Crippen molar-refractivity contribution in [1.82, 2.24) is 15.5 Å². The second-order valence-corrected chi connectivity index (χ2v) is 6.26. The number of benzene rings is 1. The first-order valence-corrected chi connectivity index (χ1v) is 8.81. The lowest BCUT2D eigenvalue weighted by atomic mass is 10.1. The van der Waals surface area contributed by atoms with Crippen LogP contribution in [0.1, 0.15) is 44.0 Å². The van der Waals surface area contributed by atoms with Gasteiger partial charge in [-0.05, 0) is 30.0 Å². The minimum Gasteiger partial charge on any atom is -0.497 e. The van der Waals surface area contributed by atoms with Crippen molar-refractivity contribution in [1.29, 1.82) is 0 Å². The molecule has 1 aromatic heterocycles. The molecule has 0 fully saturated rings. The van der Waals surface area contributed by atoms with Crippen molar-refractivity contribution in [2.24, 2.45) is 5.92 Å². The molecule has 6 nitrogen and oxygen atoms in total. The Morgan fingerprint density at radius 3 is 2.48 bits per heavy atom. The fourth-order valence-corrected chi connectivity index (χ4v) is 2.28. The third-order valence-electron chi connectivity index (χ3n) is 4.21. The van der Waals surface area contributed by atoms with E-state index in [1.165, 1.54) is 5.56 Å². The Morgan fingerprint density at radius 2 is 1.84 bits per heavy atom. The predicted molar refractivity (Wildman–Crippen MR) is 95.5 cm³/mol. The van der Waals surface area contributed by atoms with Gasteiger partial charge in [0.1, 0.15) is 5.75 Å². The average molecular weight is 345 g/mol. The highest BCUT2D eigenvalue weighted by atomic mass is 16.5. The first-order chi connectivity index (χ1) is 12.1. The van der Waals surface area contributed by atoms with Crippen LogP contribution < -0.4 is 10.1 Å². The Kier molecular flexibility index (Phi) is 7.44. The minimum absolute atomic E-state index is 0.0262. The highest BCUT2D eigenvalue weighted by Crippen LogP contribution is 2.13. The number of aryl methyl sites for hydroxylation is 3. The lowest BCUT2D eigenvalue weighted by Gasteiger charge is -2.09. The number of carbonyl (C=O) groups is 1. The number of methoxy groups -OCH3 is 1. The van der Waals surface area contributed by atoms with E-state index in [1.54, 1.807) is 7.11 Å². The smallest absolute Gasteiger partial charge is 0.220 e. The van der Waals surface area contributed by atoms with E-state index in [1.807, 2.05) is 24.3 Å². The molecule has 0 aliphatic carbocycles. The maximum absolute atomic E-state index is 11.8. The Hall–Kier alpha value is -2.37. The van der Waals surface area contributed by atoms with Gasteiger partial charge >= 0.3 is 0 Å². The van der Waals surface area contributed by atoms with Crippen molar-refractivity contribution in [3.05, 3.63) is 41.6 Å². The number of nitrogens with one attached hydrogen (secondary N) is 1. The van der Waals surface area contributed by atoms with E-state index in [0.29, 0.717) is 43.5 Å². The van der Waals surface area contributed by atoms with E-state index in [0.717, 1.165) is 18.6 Å². The lowest BCUT2D eigenvalue weighted by Crippen LogP contribution is -2.28. The molecule has 1 heterocycles. The van der Waals surface area contributed by atoms with Gasteiger partial charge in [-0.2, -0.15) is 0 Å². The van der Waals surface area contributed by atoms with Gasteiger partial charge in [-0.15, -0.1) is 10.2 Å². The molecule has 0 radical (unpaired) electrons. The summed E-state index contributed by atoms with van der Waals surface area (Å²) in [6, 6.07) is 7.93. The Labute approximate surface area is 149 Å². The van der Waals surface area contributed by atoms with E-state index in [4.69, 9.17) is 9.15 Å². The highest BCUT2D eigenvalue weighted by molar-refractivity contribution is 5.75. The molecular formula is C19H27N3O3. The van der Waals surface area contributed by atoms with Crippen LogP contribution in [0.15, 0.2) is 28.7 Å². The van der Waals surface area contributed by atoms with Crippen molar-refractivity contribution < 1.29 is 13.9 Å². The molecule has 2 aromatic rings. The summed E-state index contributed by atoms with van der Waals surface area (Å²) >= 11 is 0. The molecule has 0 saturated carbocycles. The van der Waals surface area contributed by atoms with Gasteiger partial charge in [-0.3, -0.25) is 4.79 Å². The summed E-state index contributed by atoms with van der Waals surface area (Å²) in [5.74, 6) is 2.49. The largest absolute Gasteiger partial charge is 0.497 e. The average Bonchev–Trinajstić information content (AvgIpc) is 3.11. The summed E-state index contributed by atoms with van der Waals surface area (Å²) in [5.41, 5.74) is 1.19. The zero-order chi connectivity index (χ0) is 18.1. The van der Waals surface area contributed by atoms with Gasteiger partial charge in [0.05, 0.1) is 7.11 Å². The summed E-state index contributed by atoms with van der Waals surface area (Å²) < 4.78 is 10.8. The summed E-state index contributed by atoms with van der Waals surface area (Å²) in [6.45, 7) is 4.95. The molecule has 6 heteroatoms. The van der Waals surface area contributed by atoms with Crippen LogP contribution in [-0.4, -0.2) is 29.8 Å². The summed E-state index contributed by atoms with van der Waals surface area (Å²) in [7, 11) is 1.65. The first-order valence-electron chi connectivity index (χ1n) is 8.81. The van der Waals surface area contributed by atoms with Crippen molar-refractivity contribution in [3.63, 3.8) is 0 Å². The molecule has 0 bridgehead atoms. The van der Waals surface area contributed by atoms with Crippen LogP contribution in [0.3, 0.4) is 0 Å². The fraction of sp³-hybridized carbons (Fsp3) is 0.526. The maximum atomic E-state index is 11.8. The second-order valence-electron chi connectivity index (χ2n) is 6.26. The minimum atomic E-state index is 0.0262. The van der Waals surface area contributed by atoms with E-state index in [9.17, 15) is 4.79 Å². The Balaban J connectivity index is 1.73. The number of aromatic nitrogens is 2. The first kappa shape index (κ1) is 19.0. The molecule has 0 aliphatic rings. The van der Waals surface area contributed by atoms with Crippen molar-refractivity contribution in [2.45, 2.75) is 46.0 Å². The van der Waals surface area contributed by atoms with Crippen molar-refractivity contribution in [2.75, 3.05) is 13.7 Å². The molecule has 25 heavy (non-hydrogen) atoms. The van der Waals surface area contributed by atoms with Gasteiger partial charge in [-0.1, -0.05) is 32.4 Å². The van der Waals surface area contributed by atoms with E-state index in [2.05, 4.69) is 29.4 Å². The number of amides is 1. The van der Waals surface area contributed by atoms with Crippen LogP contribution in [0.5, 0.6) is 5.75 Å². The normalized spacial score (nSPS) is 12.0. The number of hydrogen-bond donors (Lipinski definition) is 1. The molecule has 0 saturated heterocycles. The maximum Gasteiger partial charge on any atom is 0.220 e. The molecule has 1 unspecified atom stereocenters. The van der Waals surface area contributed by atoms with E-state index < -0.39 is 0 Å². The van der Waals surface area contributed by atoms with Gasteiger partial charge in [0, 0.05) is 25.8 Å². The molecule has 2 rings (SSSR count). The summed E-state index contributed by atoms with van der Waals surface area (Å²) in [5, 5.41) is 11.0. The third kappa shape index (κ3) is 6.57. The molecular weight excluding hydrogens is 318 g/mol. The molecule has 1 amide bonds. The van der Waals surface area contributed by atoms with Gasteiger partial charge in [0.25, 0.3) is 0 Å². The topological polar surface area (TPSA) is 77.2 Å². The van der Waals surface area contributed by atoms with Crippen LogP contribution in [0.4, 0.5) is 0 Å². The van der Waals surface area contributed by atoms with Crippen LogP contribution in [0.25, 0.3) is 0 Å². The molecule has 1 N–H and O–H groups in total. The van der Waals surface area contributed by atoms with E-state index in [-0.39, 0.29) is 5.91 Å². The van der Waals surface area contributed by atoms with Crippen LogP contribution in [-0.2, 0) is 24.1 Å². The summed E-state index contributed by atoms with van der Waals surface area (Å²) in [6.07, 6.45) is 3.40. The molecule has 0 spiro atoms. The van der Waals surface area contributed by atoms with Crippen molar-refractivity contribution in [3.8, 4) is 5.75 Å². The van der Waals surface area contributed by atoms with Gasteiger partial charge < -0.3 is 14.5 Å². The lowest BCUT2D eigenvalue weighted by molar-refractivity contribution is -0.121. The van der Waals surface area contributed by atoms with Gasteiger partial charge in [0.2, 0.25) is 17.7 Å². The molecule has 0 aliphatic heterocycles. The number of carbonyl (C=O) groups excluding carboxylic acids is 1. The zero-order valence-corrected chi connectivity index (χ0v) is 15.2.